The van der Waals surface area contributed by atoms with Crippen LogP contribution in [0.1, 0.15) is 5.56 Å². The van der Waals surface area contributed by atoms with E-state index in [1.54, 1.807) is 18.3 Å². The van der Waals surface area contributed by atoms with E-state index in [9.17, 15) is 0 Å². The first-order valence-corrected chi connectivity index (χ1v) is 5.57. The van der Waals surface area contributed by atoms with Crippen LogP contribution in [0.15, 0.2) is 48.8 Å². The topological polar surface area (TPSA) is 64.5 Å². The average Bonchev–Trinajstić information content (AvgIpc) is 2.89. The molecule has 0 aliphatic carbocycles. The van der Waals surface area contributed by atoms with E-state index in [1.807, 2.05) is 30.5 Å². The molecule has 3 rings (SSSR count). The number of hydrogen-bond acceptors (Lipinski definition) is 3. The van der Waals surface area contributed by atoms with Gasteiger partial charge in [-0.2, -0.15) is 5.26 Å². The number of anilines is 2. The molecule has 2 heterocycles. The molecule has 0 unspecified atom stereocenters. The van der Waals surface area contributed by atoms with Gasteiger partial charge in [-0.05, 0) is 30.3 Å². The van der Waals surface area contributed by atoms with Gasteiger partial charge in [0.15, 0.2) is 0 Å². The van der Waals surface area contributed by atoms with E-state index < -0.39 is 0 Å². The molecule has 2 aromatic heterocycles. The van der Waals surface area contributed by atoms with Crippen molar-refractivity contribution < 1.29 is 0 Å². The van der Waals surface area contributed by atoms with Crippen LogP contribution in [-0.2, 0) is 0 Å². The Kier molecular flexibility index (Phi) is 2.43. The quantitative estimate of drug-likeness (QED) is 0.715. The number of aromatic amines is 1. The van der Waals surface area contributed by atoms with E-state index in [0.717, 1.165) is 16.6 Å². The second kappa shape index (κ2) is 4.22. The zero-order valence-corrected chi connectivity index (χ0v) is 9.51. The fraction of sp³-hybridized carbons (Fsp3) is 0. The van der Waals surface area contributed by atoms with Crippen molar-refractivity contribution in [2.24, 2.45) is 0 Å². The molecule has 0 aliphatic heterocycles. The summed E-state index contributed by atoms with van der Waals surface area (Å²) in [6.45, 7) is 0. The normalized spacial score (nSPS) is 10.2. The standard InChI is InChI=1S/C14H10N4/c15-9-10-3-2-7-17-14(10)18-13-5-1-4-12-11(13)6-8-16-12/h1-8,16H,(H,17,18). The van der Waals surface area contributed by atoms with Crippen molar-refractivity contribution in [2.75, 3.05) is 5.32 Å². The van der Waals surface area contributed by atoms with Crippen LogP contribution in [-0.4, -0.2) is 9.97 Å². The van der Waals surface area contributed by atoms with Crippen molar-refractivity contribution >= 4 is 22.4 Å². The van der Waals surface area contributed by atoms with E-state index in [4.69, 9.17) is 5.26 Å². The molecule has 0 bridgehead atoms. The number of nitriles is 1. The Morgan fingerprint density at radius 1 is 1.17 bits per heavy atom. The third kappa shape index (κ3) is 1.68. The summed E-state index contributed by atoms with van der Waals surface area (Å²) < 4.78 is 0. The maximum absolute atomic E-state index is 9.03. The van der Waals surface area contributed by atoms with Gasteiger partial charge in [-0.3, -0.25) is 0 Å². The minimum atomic E-state index is 0.532. The van der Waals surface area contributed by atoms with E-state index in [1.165, 1.54) is 0 Å². The molecule has 0 fully saturated rings. The molecule has 0 saturated heterocycles. The largest absolute Gasteiger partial charge is 0.361 e. The Morgan fingerprint density at radius 2 is 2.11 bits per heavy atom. The van der Waals surface area contributed by atoms with E-state index >= 15 is 0 Å². The molecule has 0 spiro atoms. The molecular weight excluding hydrogens is 224 g/mol. The molecule has 86 valence electrons. The molecule has 0 aliphatic rings. The number of benzene rings is 1. The summed E-state index contributed by atoms with van der Waals surface area (Å²) in [4.78, 5) is 7.34. The summed E-state index contributed by atoms with van der Waals surface area (Å²) in [5, 5.41) is 13.3. The second-order valence-electron chi connectivity index (χ2n) is 3.88. The SMILES string of the molecule is N#Cc1cccnc1Nc1cccc2[nH]ccc12. The monoisotopic (exact) mass is 234 g/mol. The summed E-state index contributed by atoms with van der Waals surface area (Å²) in [6, 6.07) is 13.5. The van der Waals surface area contributed by atoms with Crippen LogP contribution in [0, 0.1) is 11.3 Å². The van der Waals surface area contributed by atoms with Crippen molar-refractivity contribution in [2.45, 2.75) is 0 Å². The number of aromatic nitrogens is 2. The van der Waals surface area contributed by atoms with Crippen molar-refractivity contribution in [1.82, 2.24) is 9.97 Å². The van der Waals surface area contributed by atoms with Gasteiger partial charge in [0.2, 0.25) is 0 Å². The first kappa shape index (κ1) is 10.4. The maximum atomic E-state index is 9.03. The van der Waals surface area contributed by atoms with Gasteiger partial charge in [0.1, 0.15) is 11.9 Å². The molecular formula is C14H10N4. The number of nitrogens with one attached hydrogen (secondary N) is 2. The summed E-state index contributed by atoms with van der Waals surface area (Å²) in [5.41, 5.74) is 2.52. The summed E-state index contributed by atoms with van der Waals surface area (Å²) >= 11 is 0. The van der Waals surface area contributed by atoms with Crippen LogP contribution in [0.25, 0.3) is 10.9 Å². The molecule has 0 atom stereocenters. The number of fused-ring (bicyclic) bond motifs is 1. The minimum absolute atomic E-state index is 0.532. The Bertz CT molecular complexity index is 737. The molecule has 0 amide bonds. The first-order chi connectivity index (χ1) is 8.88. The van der Waals surface area contributed by atoms with Crippen LogP contribution >= 0.6 is 0 Å². The molecule has 1 aromatic carbocycles. The predicted molar refractivity (Wildman–Crippen MR) is 70.5 cm³/mol. The van der Waals surface area contributed by atoms with Gasteiger partial charge >= 0.3 is 0 Å². The van der Waals surface area contributed by atoms with Gasteiger partial charge in [0, 0.05) is 29.0 Å². The summed E-state index contributed by atoms with van der Waals surface area (Å²) in [5.74, 6) is 0.577. The lowest BCUT2D eigenvalue weighted by Crippen LogP contribution is -1.96. The van der Waals surface area contributed by atoms with Crippen LogP contribution in [0.5, 0.6) is 0 Å². The lowest BCUT2D eigenvalue weighted by molar-refractivity contribution is 1.29. The first-order valence-electron chi connectivity index (χ1n) is 5.57. The molecule has 4 nitrogen and oxygen atoms in total. The van der Waals surface area contributed by atoms with Crippen LogP contribution in [0.2, 0.25) is 0 Å². The molecule has 0 radical (unpaired) electrons. The van der Waals surface area contributed by atoms with Gasteiger partial charge in [-0.15, -0.1) is 0 Å². The van der Waals surface area contributed by atoms with Crippen LogP contribution in [0.3, 0.4) is 0 Å². The third-order valence-electron chi connectivity index (χ3n) is 2.78. The van der Waals surface area contributed by atoms with Gasteiger partial charge in [-0.1, -0.05) is 6.07 Å². The molecule has 3 aromatic rings. The van der Waals surface area contributed by atoms with Gasteiger partial charge in [-0.25, -0.2) is 4.98 Å². The minimum Gasteiger partial charge on any atom is -0.361 e. The lowest BCUT2D eigenvalue weighted by atomic mass is 10.2. The van der Waals surface area contributed by atoms with E-state index in [2.05, 4.69) is 21.4 Å². The fourth-order valence-electron chi connectivity index (χ4n) is 1.92. The highest BCUT2D eigenvalue weighted by atomic mass is 15.0. The molecule has 0 saturated carbocycles. The Hall–Kier alpha value is -2.80. The zero-order valence-electron chi connectivity index (χ0n) is 9.51. The zero-order chi connectivity index (χ0) is 12.4. The summed E-state index contributed by atoms with van der Waals surface area (Å²) in [7, 11) is 0. The average molecular weight is 234 g/mol. The number of H-pyrrole nitrogens is 1. The van der Waals surface area contributed by atoms with Crippen LogP contribution < -0.4 is 5.32 Å². The van der Waals surface area contributed by atoms with Crippen molar-refractivity contribution in [3.63, 3.8) is 0 Å². The third-order valence-corrected chi connectivity index (χ3v) is 2.78. The molecule has 18 heavy (non-hydrogen) atoms. The van der Waals surface area contributed by atoms with Crippen molar-refractivity contribution in [1.29, 1.82) is 5.26 Å². The fourth-order valence-corrected chi connectivity index (χ4v) is 1.92. The van der Waals surface area contributed by atoms with Crippen molar-refractivity contribution in [3.8, 4) is 6.07 Å². The smallest absolute Gasteiger partial charge is 0.148 e. The number of hydrogen-bond donors (Lipinski definition) is 2. The Balaban J connectivity index is 2.07. The lowest BCUT2D eigenvalue weighted by Gasteiger charge is -2.07. The highest BCUT2D eigenvalue weighted by Gasteiger charge is 2.05. The predicted octanol–water partition coefficient (Wildman–Crippen LogP) is 3.18. The number of nitrogens with zero attached hydrogens (tertiary/aromatic N) is 2. The van der Waals surface area contributed by atoms with Gasteiger partial charge < -0.3 is 10.3 Å². The highest BCUT2D eigenvalue weighted by molar-refractivity contribution is 5.93. The number of pyridine rings is 1. The Labute approximate surface area is 104 Å². The molecule has 4 heteroatoms. The highest BCUT2D eigenvalue weighted by Crippen LogP contribution is 2.25. The van der Waals surface area contributed by atoms with E-state index in [0.29, 0.717) is 11.4 Å². The van der Waals surface area contributed by atoms with Crippen molar-refractivity contribution in [3.05, 3.63) is 54.4 Å². The summed E-state index contributed by atoms with van der Waals surface area (Å²) in [6.07, 6.45) is 3.56. The van der Waals surface area contributed by atoms with Gasteiger partial charge in [0.05, 0.1) is 5.56 Å². The Morgan fingerprint density at radius 3 is 3.00 bits per heavy atom. The second-order valence-corrected chi connectivity index (χ2v) is 3.88. The van der Waals surface area contributed by atoms with E-state index in [-0.39, 0.29) is 0 Å². The van der Waals surface area contributed by atoms with Gasteiger partial charge in [0.25, 0.3) is 0 Å². The van der Waals surface area contributed by atoms with Crippen LogP contribution in [0.4, 0.5) is 11.5 Å². The molecule has 2 N–H and O–H groups in total. The maximum Gasteiger partial charge on any atom is 0.148 e. The number of rotatable bonds is 2.